The summed E-state index contributed by atoms with van der Waals surface area (Å²) in [7, 11) is 0. The number of ketones is 1. The third-order valence-corrected chi connectivity index (χ3v) is 4.58. The van der Waals surface area contributed by atoms with Crippen LogP contribution in [0.4, 0.5) is 4.79 Å². The van der Waals surface area contributed by atoms with Crippen LogP contribution < -0.4 is 5.32 Å². The van der Waals surface area contributed by atoms with Gasteiger partial charge in [-0.3, -0.25) is 4.79 Å². The number of carbonyl (C=O) groups is 2. The lowest BCUT2D eigenvalue weighted by molar-refractivity contribution is -0.141. The topological polar surface area (TPSA) is 75.6 Å². The van der Waals surface area contributed by atoms with Crippen molar-refractivity contribution < 1.29 is 19.4 Å². The van der Waals surface area contributed by atoms with Gasteiger partial charge < -0.3 is 15.2 Å². The van der Waals surface area contributed by atoms with Gasteiger partial charge in [-0.1, -0.05) is 36.7 Å². The first-order valence-corrected chi connectivity index (χ1v) is 8.43. The zero-order chi connectivity index (χ0) is 18.1. The van der Waals surface area contributed by atoms with Crippen molar-refractivity contribution in [1.29, 1.82) is 0 Å². The molecule has 1 aromatic rings. The minimum atomic E-state index is -1.38. The Labute approximate surface area is 147 Å². The molecule has 1 saturated carbocycles. The standard InChI is InChI=1S/C18H24ClNO4/c1-11-9-10-18(15(22)14(11)21,12-7-5-6-8-13(12)19)20-16(23)24-17(2,3)4/h5-8,11,14,21H,9-10H2,1-4H3,(H,20,23)/t11-,14-,18-/m1/s1. The quantitative estimate of drug-likeness (QED) is 0.854. The summed E-state index contributed by atoms with van der Waals surface area (Å²) in [6, 6.07) is 6.85. The Bertz CT molecular complexity index is 640. The maximum absolute atomic E-state index is 12.9. The number of aliphatic hydroxyl groups excluding tert-OH is 1. The van der Waals surface area contributed by atoms with E-state index < -0.39 is 29.1 Å². The molecule has 24 heavy (non-hydrogen) atoms. The number of Topliss-reactive ketones (excluding diaryl/α,β-unsaturated/α-hetero) is 1. The Morgan fingerprint density at radius 3 is 2.58 bits per heavy atom. The van der Waals surface area contributed by atoms with Crippen LogP contribution in [0.3, 0.4) is 0 Å². The number of amides is 1. The third kappa shape index (κ3) is 3.73. The highest BCUT2D eigenvalue weighted by Gasteiger charge is 2.50. The molecule has 0 radical (unpaired) electrons. The average molecular weight is 354 g/mol. The molecular formula is C18H24ClNO4. The lowest BCUT2D eigenvalue weighted by Gasteiger charge is -2.41. The predicted molar refractivity (Wildman–Crippen MR) is 91.9 cm³/mol. The number of nitrogens with one attached hydrogen (secondary N) is 1. The van der Waals surface area contributed by atoms with Crippen molar-refractivity contribution >= 4 is 23.5 Å². The Morgan fingerprint density at radius 2 is 2.00 bits per heavy atom. The van der Waals surface area contributed by atoms with E-state index in [1.807, 2.05) is 6.92 Å². The fourth-order valence-electron chi connectivity index (χ4n) is 2.98. The number of carbonyl (C=O) groups excluding carboxylic acids is 2. The van der Waals surface area contributed by atoms with E-state index in [9.17, 15) is 14.7 Å². The van der Waals surface area contributed by atoms with Gasteiger partial charge in [0.25, 0.3) is 0 Å². The zero-order valence-corrected chi connectivity index (χ0v) is 15.2. The predicted octanol–water partition coefficient (Wildman–Crippen LogP) is 3.42. The summed E-state index contributed by atoms with van der Waals surface area (Å²) < 4.78 is 5.31. The van der Waals surface area contributed by atoms with Crippen LogP contribution in [0.2, 0.25) is 5.02 Å². The number of rotatable bonds is 2. The first-order valence-electron chi connectivity index (χ1n) is 8.05. The van der Waals surface area contributed by atoms with Crippen LogP contribution in [0.1, 0.15) is 46.1 Å². The fourth-order valence-corrected chi connectivity index (χ4v) is 3.28. The van der Waals surface area contributed by atoms with Crippen molar-refractivity contribution in [3.8, 4) is 0 Å². The molecule has 1 fully saturated rings. The van der Waals surface area contributed by atoms with E-state index in [-0.39, 0.29) is 5.92 Å². The summed E-state index contributed by atoms with van der Waals surface area (Å²) in [5.74, 6) is -0.631. The Morgan fingerprint density at radius 1 is 1.38 bits per heavy atom. The van der Waals surface area contributed by atoms with Gasteiger partial charge in [-0.25, -0.2) is 4.79 Å². The summed E-state index contributed by atoms with van der Waals surface area (Å²) in [6.45, 7) is 7.05. The van der Waals surface area contributed by atoms with E-state index >= 15 is 0 Å². The normalized spacial score (nSPS) is 27.7. The molecule has 1 amide bonds. The molecule has 6 heteroatoms. The smallest absolute Gasteiger partial charge is 0.408 e. The van der Waals surface area contributed by atoms with E-state index in [1.54, 1.807) is 45.0 Å². The maximum Gasteiger partial charge on any atom is 0.408 e. The summed E-state index contributed by atoms with van der Waals surface area (Å²) >= 11 is 6.29. The third-order valence-electron chi connectivity index (χ3n) is 4.25. The molecule has 0 saturated heterocycles. The largest absolute Gasteiger partial charge is 0.444 e. The van der Waals surface area contributed by atoms with Crippen molar-refractivity contribution in [2.24, 2.45) is 5.92 Å². The number of hydrogen-bond donors (Lipinski definition) is 2. The Balaban J connectivity index is 2.45. The number of aliphatic hydroxyl groups is 1. The molecule has 3 atom stereocenters. The molecular weight excluding hydrogens is 330 g/mol. The van der Waals surface area contributed by atoms with Crippen molar-refractivity contribution in [2.75, 3.05) is 0 Å². The van der Waals surface area contributed by atoms with Gasteiger partial charge in [-0.15, -0.1) is 0 Å². The Hall–Kier alpha value is -1.59. The second kappa shape index (κ2) is 6.73. The molecule has 0 spiro atoms. The first kappa shape index (κ1) is 18.7. The number of hydrogen-bond acceptors (Lipinski definition) is 4. The van der Waals surface area contributed by atoms with E-state index in [0.717, 1.165) is 0 Å². The molecule has 0 aliphatic heterocycles. The second-order valence-corrected chi connectivity index (χ2v) is 7.74. The van der Waals surface area contributed by atoms with Gasteiger partial charge in [0.15, 0.2) is 5.78 Å². The SMILES string of the molecule is C[C@@H]1CC[C@@](NC(=O)OC(C)(C)C)(c2ccccc2Cl)C(=O)[C@@H]1O. The lowest BCUT2D eigenvalue weighted by Crippen LogP contribution is -2.59. The van der Waals surface area contributed by atoms with Gasteiger partial charge in [-0.2, -0.15) is 0 Å². The molecule has 0 aromatic heterocycles. The minimum Gasteiger partial charge on any atom is -0.444 e. The molecule has 0 bridgehead atoms. The molecule has 0 heterocycles. The summed E-state index contributed by atoms with van der Waals surface area (Å²) in [5, 5.41) is 13.4. The number of halogens is 1. The van der Waals surface area contributed by atoms with Crippen LogP contribution in [-0.4, -0.2) is 28.7 Å². The molecule has 132 valence electrons. The number of alkyl carbamates (subject to hydrolysis) is 1. The summed E-state index contributed by atoms with van der Waals surface area (Å²) in [6.07, 6.45) is -0.941. The van der Waals surface area contributed by atoms with E-state index in [1.165, 1.54) is 0 Å². The molecule has 1 aliphatic carbocycles. The highest BCUT2D eigenvalue weighted by atomic mass is 35.5. The van der Waals surface area contributed by atoms with Crippen LogP contribution in [-0.2, 0) is 15.1 Å². The van der Waals surface area contributed by atoms with Gasteiger partial charge in [0.2, 0.25) is 0 Å². The van der Waals surface area contributed by atoms with E-state index in [2.05, 4.69) is 5.32 Å². The fraction of sp³-hybridized carbons (Fsp3) is 0.556. The number of ether oxygens (including phenoxy) is 1. The maximum atomic E-state index is 12.9. The van der Waals surface area contributed by atoms with Crippen molar-refractivity contribution in [2.45, 2.75) is 57.8 Å². The minimum absolute atomic E-state index is 0.173. The molecule has 0 unspecified atom stereocenters. The first-order chi connectivity index (χ1) is 11.1. The zero-order valence-electron chi connectivity index (χ0n) is 14.4. The van der Waals surface area contributed by atoms with Crippen molar-refractivity contribution in [3.05, 3.63) is 34.9 Å². The van der Waals surface area contributed by atoms with Gasteiger partial charge >= 0.3 is 6.09 Å². The van der Waals surface area contributed by atoms with Gasteiger partial charge in [0, 0.05) is 10.6 Å². The molecule has 5 nitrogen and oxygen atoms in total. The molecule has 2 N–H and O–H groups in total. The van der Waals surface area contributed by atoms with Gasteiger partial charge in [0.05, 0.1) is 0 Å². The molecule has 2 rings (SSSR count). The average Bonchev–Trinajstić information content (AvgIpc) is 2.47. The Kier molecular flexibility index (Phi) is 5.25. The molecule has 1 aromatic carbocycles. The van der Waals surface area contributed by atoms with Gasteiger partial charge in [0.1, 0.15) is 17.2 Å². The van der Waals surface area contributed by atoms with Crippen LogP contribution in [0.25, 0.3) is 0 Å². The summed E-state index contributed by atoms with van der Waals surface area (Å²) in [5.41, 5.74) is -1.60. The van der Waals surface area contributed by atoms with Crippen LogP contribution in [0.5, 0.6) is 0 Å². The second-order valence-electron chi connectivity index (χ2n) is 7.34. The van der Waals surface area contributed by atoms with E-state index in [0.29, 0.717) is 23.4 Å². The molecule has 1 aliphatic rings. The van der Waals surface area contributed by atoms with Crippen molar-refractivity contribution in [1.82, 2.24) is 5.32 Å². The van der Waals surface area contributed by atoms with Crippen LogP contribution >= 0.6 is 11.6 Å². The van der Waals surface area contributed by atoms with Crippen molar-refractivity contribution in [3.63, 3.8) is 0 Å². The lowest BCUT2D eigenvalue weighted by atomic mass is 9.70. The van der Waals surface area contributed by atoms with Gasteiger partial charge in [-0.05, 0) is 45.6 Å². The summed E-state index contributed by atoms with van der Waals surface area (Å²) in [4.78, 5) is 25.3. The van der Waals surface area contributed by atoms with Crippen LogP contribution in [0.15, 0.2) is 24.3 Å². The van der Waals surface area contributed by atoms with Crippen LogP contribution in [0, 0.1) is 5.92 Å². The highest BCUT2D eigenvalue weighted by Crippen LogP contribution is 2.40. The highest BCUT2D eigenvalue weighted by molar-refractivity contribution is 6.31. The number of benzene rings is 1. The van der Waals surface area contributed by atoms with E-state index in [4.69, 9.17) is 16.3 Å². The monoisotopic (exact) mass is 353 g/mol.